The molecule has 0 amide bonds. The summed E-state index contributed by atoms with van der Waals surface area (Å²) in [7, 11) is 0. The van der Waals surface area contributed by atoms with Gasteiger partial charge in [0.15, 0.2) is 0 Å². The number of hydrogen-bond acceptors (Lipinski definition) is 2. The number of rotatable bonds is 18. The van der Waals surface area contributed by atoms with Gasteiger partial charge in [-0.15, -0.1) is 0 Å². The molecule has 0 fully saturated rings. The molecule has 154 valence electrons. The van der Waals surface area contributed by atoms with Gasteiger partial charge >= 0.3 is 5.97 Å². The number of phenolic OH excluding ortho intramolecular Hbond substituents is 1. The van der Waals surface area contributed by atoms with E-state index in [4.69, 9.17) is 5.11 Å². The fourth-order valence-corrected chi connectivity index (χ4v) is 3.62. The number of hydrogen-bond donors (Lipinski definition) is 2. The molecule has 0 saturated heterocycles. The van der Waals surface area contributed by atoms with Crippen LogP contribution in [0, 0.1) is 0 Å². The van der Waals surface area contributed by atoms with Crippen LogP contribution in [0.1, 0.15) is 108 Å². The van der Waals surface area contributed by atoms with Crippen LogP contribution in [-0.4, -0.2) is 16.2 Å². The van der Waals surface area contributed by atoms with Crippen molar-refractivity contribution in [3.8, 4) is 5.75 Å². The zero-order chi connectivity index (χ0) is 19.6. The average Bonchev–Trinajstić information content (AvgIpc) is 2.64. The highest BCUT2D eigenvalue weighted by molar-refractivity contribution is 5.66. The van der Waals surface area contributed by atoms with Gasteiger partial charge in [0, 0.05) is 6.42 Å². The number of phenols is 1. The Morgan fingerprint density at radius 3 is 1.56 bits per heavy atom. The molecule has 1 aromatic rings. The molecule has 3 nitrogen and oxygen atoms in total. The molecule has 1 rings (SSSR count). The first-order valence-electron chi connectivity index (χ1n) is 11.2. The summed E-state index contributed by atoms with van der Waals surface area (Å²) in [5, 5.41) is 18.0. The summed E-state index contributed by atoms with van der Waals surface area (Å²) >= 11 is 0. The minimum atomic E-state index is -0.664. The van der Waals surface area contributed by atoms with E-state index >= 15 is 0 Å². The SMILES string of the molecule is O=C(O)CCCCCCCCCCCCCCCCCc1cccc(O)c1. The second-order valence-corrected chi connectivity index (χ2v) is 7.87. The Kier molecular flexibility index (Phi) is 14.5. The predicted molar refractivity (Wildman–Crippen MR) is 113 cm³/mol. The number of carbonyl (C=O) groups is 1. The summed E-state index contributed by atoms with van der Waals surface area (Å²) in [5.74, 6) is -0.286. The Hall–Kier alpha value is -1.51. The minimum absolute atomic E-state index is 0.331. The van der Waals surface area contributed by atoms with Crippen molar-refractivity contribution in [3.63, 3.8) is 0 Å². The molecule has 0 heterocycles. The van der Waals surface area contributed by atoms with Gasteiger partial charge in [-0.2, -0.15) is 0 Å². The third-order valence-corrected chi connectivity index (χ3v) is 5.27. The summed E-state index contributed by atoms with van der Waals surface area (Å²) < 4.78 is 0. The number of carboxylic acids is 1. The van der Waals surface area contributed by atoms with E-state index in [1.54, 1.807) is 6.07 Å². The lowest BCUT2D eigenvalue weighted by molar-refractivity contribution is -0.137. The highest BCUT2D eigenvalue weighted by Gasteiger charge is 1.98. The minimum Gasteiger partial charge on any atom is -0.508 e. The molecule has 3 heteroatoms. The number of benzene rings is 1. The highest BCUT2D eigenvalue weighted by Crippen LogP contribution is 2.16. The molecule has 0 radical (unpaired) electrons. The monoisotopic (exact) mass is 376 g/mol. The Labute approximate surface area is 166 Å². The molecule has 0 aliphatic rings. The van der Waals surface area contributed by atoms with Crippen molar-refractivity contribution in [1.82, 2.24) is 0 Å². The lowest BCUT2D eigenvalue weighted by Crippen LogP contribution is -1.93. The zero-order valence-corrected chi connectivity index (χ0v) is 17.1. The van der Waals surface area contributed by atoms with Gasteiger partial charge in [-0.3, -0.25) is 4.79 Å². The molecule has 0 bridgehead atoms. The third kappa shape index (κ3) is 15.3. The molecule has 1 aromatic carbocycles. The summed E-state index contributed by atoms with van der Waals surface area (Å²) in [6.45, 7) is 0. The van der Waals surface area contributed by atoms with E-state index in [2.05, 4.69) is 6.07 Å². The van der Waals surface area contributed by atoms with Crippen molar-refractivity contribution in [1.29, 1.82) is 0 Å². The quantitative estimate of drug-likeness (QED) is 0.265. The van der Waals surface area contributed by atoms with Crippen LogP contribution in [0.5, 0.6) is 5.75 Å². The molecule has 0 saturated carbocycles. The maximum Gasteiger partial charge on any atom is 0.303 e. The molecule has 27 heavy (non-hydrogen) atoms. The highest BCUT2D eigenvalue weighted by atomic mass is 16.4. The first-order valence-corrected chi connectivity index (χ1v) is 11.2. The van der Waals surface area contributed by atoms with Crippen LogP contribution >= 0.6 is 0 Å². The molecule has 0 aliphatic heterocycles. The Morgan fingerprint density at radius 2 is 1.11 bits per heavy atom. The van der Waals surface area contributed by atoms with Crippen LogP contribution in [0.15, 0.2) is 24.3 Å². The standard InChI is InChI=1S/C24H40O3/c25-23-19-16-18-22(21-23)17-14-12-10-8-6-4-2-1-3-5-7-9-11-13-15-20-24(26)27/h16,18-19,21,25H,1-15,17,20H2,(H,26,27). The first-order chi connectivity index (χ1) is 13.2. The van der Waals surface area contributed by atoms with Crippen LogP contribution in [0.25, 0.3) is 0 Å². The maximum atomic E-state index is 10.4. The van der Waals surface area contributed by atoms with E-state index in [0.717, 1.165) is 19.3 Å². The summed E-state index contributed by atoms with van der Waals surface area (Å²) in [5.41, 5.74) is 1.25. The van der Waals surface area contributed by atoms with E-state index in [-0.39, 0.29) is 0 Å². The normalized spacial score (nSPS) is 11.0. The molecule has 0 atom stereocenters. The Morgan fingerprint density at radius 1 is 0.667 bits per heavy atom. The molecular formula is C24H40O3. The van der Waals surface area contributed by atoms with Crippen molar-refractivity contribution in [2.45, 2.75) is 109 Å². The fraction of sp³-hybridized carbons (Fsp3) is 0.708. The Balaban J connectivity index is 1.74. The second-order valence-electron chi connectivity index (χ2n) is 7.87. The summed E-state index contributed by atoms with van der Waals surface area (Å²) in [4.78, 5) is 10.4. The summed E-state index contributed by atoms with van der Waals surface area (Å²) in [6, 6.07) is 7.63. The number of unbranched alkanes of at least 4 members (excludes halogenated alkanes) is 14. The van der Waals surface area contributed by atoms with Crippen molar-refractivity contribution < 1.29 is 15.0 Å². The molecular weight excluding hydrogens is 336 g/mol. The number of carboxylic acid groups (broad SMARTS) is 1. The number of aromatic hydroxyl groups is 1. The largest absolute Gasteiger partial charge is 0.508 e. The number of aliphatic carboxylic acids is 1. The van der Waals surface area contributed by atoms with Gasteiger partial charge in [-0.25, -0.2) is 0 Å². The van der Waals surface area contributed by atoms with Gasteiger partial charge in [-0.05, 0) is 37.0 Å². The molecule has 0 aromatic heterocycles. The van der Waals surface area contributed by atoms with Crippen molar-refractivity contribution >= 4 is 5.97 Å². The second kappa shape index (κ2) is 16.6. The van der Waals surface area contributed by atoms with E-state index in [1.807, 2.05) is 12.1 Å². The topological polar surface area (TPSA) is 57.5 Å². The van der Waals surface area contributed by atoms with E-state index in [1.165, 1.54) is 89.0 Å². The zero-order valence-electron chi connectivity index (χ0n) is 17.1. The summed E-state index contributed by atoms with van der Waals surface area (Å²) in [6.07, 6.45) is 20.5. The fourth-order valence-electron chi connectivity index (χ4n) is 3.62. The molecule has 0 aliphatic carbocycles. The van der Waals surface area contributed by atoms with Crippen molar-refractivity contribution in [3.05, 3.63) is 29.8 Å². The van der Waals surface area contributed by atoms with E-state index < -0.39 is 5.97 Å². The predicted octanol–water partition coefficient (Wildman–Crippen LogP) is 7.26. The van der Waals surface area contributed by atoms with Gasteiger partial charge < -0.3 is 10.2 Å². The van der Waals surface area contributed by atoms with Crippen LogP contribution in [0.2, 0.25) is 0 Å². The van der Waals surface area contributed by atoms with Gasteiger partial charge in [0.05, 0.1) is 0 Å². The van der Waals surface area contributed by atoms with Gasteiger partial charge in [0.1, 0.15) is 5.75 Å². The van der Waals surface area contributed by atoms with Gasteiger partial charge in [0.2, 0.25) is 0 Å². The third-order valence-electron chi connectivity index (χ3n) is 5.27. The van der Waals surface area contributed by atoms with E-state index in [9.17, 15) is 9.90 Å². The first kappa shape index (κ1) is 23.5. The lowest BCUT2D eigenvalue weighted by atomic mass is 10.0. The van der Waals surface area contributed by atoms with Crippen molar-refractivity contribution in [2.24, 2.45) is 0 Å². The van der Waals surface area contributed by atoms with Crippen LogP contribution in [0.3, 0.4) is 0 Å². The number of aryl methyl sites for hydroxylation is 1. The van der Waals surface area contributed by atoms with Crippen LogP contribution in [0.4, 0.5) is 0 Å². The van der Waals surface area contributed by atoms with Crippen molar-refractivity contribution in [2.75, 3.05) is 0 Å². The van der Waals surface area contributed by atoms with Crippen LogP contribution in [-0.2, 0) is 11.2 Å². The van der Waals surface area contributed by atoms with Gasteiger partial charge in [-0.1, -0.05) is 95.6 Å². The molecule has 0 spiro atoms. The van der Waals surface area contributed by atoms with Crippen LogP contribution < -0.4 is 0 Å². The molecule has 0 unspecified atom stereocenters. The Bertz CT molecular complexity index is 484. The molecule has 2 N–H and O–H groups in total. The van der Waals surface area contributed by atoms with Gasteiger partial charge in [0.25, 0.3) is 0 Å². The average molecular weight is 377 g/mol. The van der Waals surface area contributed by atoms with E-state index in [0.29, 0.717) is 12.2 Å². The lowest BCUT2D eigenvalue weighted by Gasteiger charge is -2.04. The smallest absolute Gasteiger partial charge is 0.303 e. The maximum absolute atomic E-state index is 10.4.